The van der Waals surface area contributed by atoms with E-state index >= 15 is 0 Å². The Balaban J connectivity index is 1.75. The molecule has 0 spiro atoms. The molecule has 0 heterocycles. The number of carbonyl (C=O) groups excluding carboxylic acids is 1. The highest BCUT2D eigenvalue weighted by molar-refractivity contribution is 5.99. The molecule has 1 amide bonds. The third-order valence-corrected chi connectivity index (χ3v) is 6.29. The molecule has 0 bridgehead atoms. The number of guanidine groups is 1. The van der Waals surface area contributed by atoms with E-state index in [4.69, 9.17) is 5.26 Å². The fourth-order valence-corrected chi connectivity index (χ4v) is 4.48. The summed E-state index contributed by atoms with van der Waals surface area (Å²) < 4.78 is 0. The molecule has 0 saturated heterocycles. The fraction of sp³-hybridized carbons (Fsp3) is 0.400. The van der Waals surface area contributed by atoms with Gasteiger partial charge in [0.2, 0.25) is 12.2 Å². The normalized spacial score (nSPS) is 20.7. The zero-order valence-electron chi connectivity index (χ0n) is 19.1. The molecule has 0 radical (unpaired) electrons. The standard InChI is InChI=1S/C25H32N6O/c1-27-24(29-18-26)30-20-13-15-25(16-14-20,19-9-5-4-6-10-19)17-28-23(32)21-11-7-8-12-22(21)31(2)3/h4-12,20H,13-17H2,1-3H3,(H,28,32)(H2,27,29,30)/t20-,25-. The van der Waals surface area contributed by atoms with E-state index in [1.54, 1.807) is 7.05 Å². The molecule has 2 aromatic rings. The summed E-state index contributed by atoms with van der Waals surface area (Å²) in [5, 5.41) is 18.3. The number of hydrogen-bond donors (Lipinski definition) is 3. The first-order valence-electron chi connectivity index (χ1n) is 11.0. The molecule has 7 nitrogen and oxygen atoms in total. The minimum Gasteiger partial charge on any atom is -0.377 e. The van der Waals surface area contributed by atoms with Crippen molar-refractivity contribution in [1.29, 1.82) is 5.26 Å². The van der Waals surface area contributed by atoms with Crippen LogP contribution in [-0.2, 0) is 5.41 Å². The molecule has 0 atom stereocenters. The summed E-state index contributed by atoms with van der Waals surface area (Å²) in [5.41, 5.74) is 2.71. The molecular weight excluding hydrogens is 400 g/mol. The molecule has 0 aromatic heterocycles. The second kappa shape index (κ2) is 10.7. The summed E-state index contributed by atoms with van der Waals surface area (Å²) in [4.78, 5) is 18.8. The molecule has 168 valence electrons. The van der Waals surface area contributed by atoms with Gasteiger partial charge in [-0.05, 0) is 43.4 Å². The molecule has 0 unspecified atom stereocenters. The lowest BCUT2D eigenvalue weighted by Crippen LogP contribution is -2.49. The van der Waals surface area contributed by atoms with Crippen LogP contribution in [0.1, 0.15) is 41.6 Å². The molecule has 0 aliphatic heterocycles. The minimum atomic E-state index is -0.131. The Morgan fingerprint density at radius 3 is 2.41 bits per heavy atom. The number of nitrogens with zero attached hydrogens (tertiary/aromatic N) is 3. The number of nitrogens with one attached hydrogen (secondary N) is 3. The lowest BCUT2D eigenvalue weighted by molar-refractivity contribution is 0.0935. The Kier molecular flexibility index (Phi) is 7.72. The summed E-state index contributed by atoms with van der Waals surface area (Å²) in [6, 6.07) is 18.4. The average molecular weight is 433 g/mol. The van der Waals surface area contributed by atoms with Crippen molar-refractivity contribution in [2.24, 2.45) is 4.99 Å². The number of amides is 1. The van der Waals surface area contributed by atoms with E-state index in [9.17, 15) is 4.79 Å². The van der Waals surface area contributed by atoms with E-state index < -0.39 is 0 Å². The van der Waals surface area contributed by atoms with Crippen molar-refractivity contribution in [2.45, 2.75) is 37.1 Å². The maximum atomic E-state index is 13.1. The van der Waals surface area contributed by atoms with Gasteiger partial charge in [0.15, 0.2) is 0 Å². The van der Waals surface area contributed by atoms with Gasteiger partial charge in [-0.15, -0.1) is 4.99 Å². The average Bonchev–Trinajstić information content (AvgIpc) is 2.83. The largest absolute Gasteiger partial charge is 0.377 e. The minimum absolute atomic E-state index is 0.0523. The van der Waals surface area contributed by atoms with Crippen LogP contribution in [0.4, 0.5) is 5.69 Å². The van der Waals surface area contributed by atoms with Gasteiger partial charge in [0.05, 0.1) is 5.56 Å². The number of hydrogen-bond acceptors (Lipinski definition) is 4. The monoisotopic (exact) mass is 432 g/mol. The molecule has 32 heavy (non-hydrogen) atoms. The second-order valence-electron chi connectivity index (χ2n) is 8.47. The highest BCUT2D eigenvalue weighted by Crippen LogP contribution is 2.39. The van der Waals surface area contributed by atoms with Crippen molar-refractivity contribution in [1.82, 2.24) is 16.0 Å². The van der Waals surface area contributed by atoms with Gasteiger partial charge in [0, 0.05) is 44.8 Å². The van der Waals surface area contributed by atoms with Gasteiger partial charge in [0.25, 0.3) is 5.91 Å². The molecule has 2 aromatic carbocycles. The number of rotatable bonds is 6. The number of anilines is 1. The predicted octanol–water partition coefficient (Wildman–Crippen LogP) is 3.01. The molecule has 1 fully saturated rings. The molecule has 1 aliphatic rings. The topological polar surface area (TPSA) is 92.5 Å². The van der Waals surface area contributed by atoms with Crippen LogP contribution in [0.5, 0.6) is 0 Å². The van der Waals surface area contributed by atoms with Crippen LogP contribution in [0.3, 0.4) is 0 Å². The third kappa shape index (κ3) is 5.38. The van der Waals surface area contributed by atoms with Gasteiger partial charge in [0.1, 0.15) is 0 Å². The number of para-hydroxylation sites is 1. The molecule has 7 heteroatoms. The van der Waals surface area contributed by atoms with Gasteiger partial charge in [-0.1, -0.05) is 42.5 Å². The Bertz CT molecular complexity index is 971. The lowest BCUT2D eigenvalue weighted by atomic mass is 9.68. The first-order valence-corrected chi connectivity index (χ1v) is 11.0. The van der Waals surface area contributed by atoms with Crippen LogP contribution in [0, 0.1) is 11.5 Å². The Morgan fingerprint density at radius 2 is 1.78 bits per heavy atom. The van der Waals surface area contributed by atoms with Crippen LogP contribution in [0.2, 0.25) is 0 Å². The lowest BCUT2D eigenvalue weighted by Gasteiger charge is -2.41. The maximum Gasteiger partial charge on any atom is 0.253 e. The second-order valence-corrected chi connectivity index (χ2v) is 8.47. The van der Waals surface area contributed by atoms with E-state index in [1.165, 1.54) is 5.56 Å². The van der Waals surface area contributed by atoms with Crippen LogP contribution in [0.25, 0.3) is 0 Å². The summed E-state index contributed by atoms with van der Waals surface area (Å²) in [5.74, 6) is 0.446. The number of nitriles is 1. The SMILES string of the molecule is CN/C(=N\C#N)N[C@H]1CC[C@](CNC(=O)c2ccccc2N(C)C)(c2ccccc2)CC1. The smallest absolute Gasteiger partial charge is 0.253 e. The van der Waals surface area contributed by atoms with E-state index in [0.717, 1.165) is 31.4 Å². The maximum absolute atomic E-state index is 13.1. The van der Waals surface area contributed by atoms with Crippen molar-refractivity contribution >= 4 is 17.6 Å². The van der Waals surface area contributed by atoms with Crippen molar-refractivity contribution in [3.63, 3.8) is 0 Å². The molecule has 1 saturated carbocycles. The van der Waals surface area contributed by atoms with E-state index in [2.05, 4.69) is 45.2 Å². The molecule has 1 aliphatic carbocycles. The molecule has 3 N–H and O–H groups in total. The number of carbonyl (C=O) groups is 1. The fourth-order valence-electron chi connectivity index (χ4n) is 4.48. The number of benzene rings is 2. The summed E-state index contributed by atoms with van der Waals surface area (Å²) in [6.45, 7) is 0.579. The van der Waals surface area contributed by atoms with E-state index in [1.807, 2.05) is 55.5 Å². The first kappa shape index (κ1) is 23.1. The van der Waals surface area contributed by atoms with Crippen molar-refractivity contribution in [3.8, 4) is 6.19 Å². The van der Waals surface area contributed by atoms with Gasteiger partial charge in [-0.2, -0.15) is 5.26 Å². The quantitative estimate of drug-likeness (QED) is 0.371. The van der Waals surface area contributed by atoms with Gasteiger partial charge in [-0.25, -0.2) is 0 Å². The van der Waals surface area contributed by atoms with Crippen molar-refractivity contribution in [3.05, 3.63) is 65.7 Å². The van der Waals surface area contributed by atoms with Crippen molar-refractivity contribution in [2.75, 3.05) is 32.6 Å². The predicted molar refractivity (Wildman–Crippen MR) is 129 cm³/mol. The van der Waals surface area contributed by atoms with Gasteiger partial charge in [-0.3, -0.25) is 4.79 Å². The van der Waals surface area contributed by atoms with Crippen LogP contribution >= 0.6 is 0 Å². The third-order valence-electron chi connectivity index (χ3n) is 6.29. The van der Waals surface area contributed by atoms with Gasteiger partial charge >= 0.3 is 0 Å². The van der Waals surface area contributed by atoms with E-state index in [0.29, 0.717) is 18.1 Å². The van der Waals surface area contributed by atoms with Crippen LogP contribution in [0.15, 0.2) is 59.6 Å². The molecular formula is C25H32N6O. The number of aliphatic imine (C=N–C) groups is 1. The summed E-state index contributed by atoms with van der Waals surface area (Å²) in [6.07, 6.45) is 5.52. The Labute approximate surface area is 190 Å². The van der Waals surface area contributed by atoms with Gasteiger partial charge < -0.3 is 20.9 Å². The molecule has 3 rings (SSSR count). The Hall–Kier alpha value is -3.53. The zero-order valence-corrected chi connectivity index (χ0v) is 19.1. The first-order chi connectivity index (χ1) is 15.5. The van der Waals surface area contributed by atoms with E-state index in [-0.39, 0.29) is 17.4 Å². The summed E-state index contributed by atoms with van der Waals surface area (Å²) >= 11 is 0. The highest BCUT2D eigenvalue weighted by atomic mass is 16.1. The van der Waals surface area contributed by atoms with Crippen LogP contribution < -0.4 is 20.9 Å². The Morgan fingerprint density at radius 1 is 1.12 bits per heavy atom. The highest BCUT2D eigenvalue weighted by Gasteiger charge is 2.37. The zero-order chi connectivity index (χ0) is 23.0. The summed E-state index contributed by atoms with van der Waals surface area (Å²) in [7, 11) is 5.64. The van der Waals surface area contributed by atoms with Crippen molar-refractivity contribution < 1.29 is 4.79 Å². The van der Waals surface area contributed by atoms with Crippen LogP contribution in [-0.4, -0.2) is 45.6 Å².